The van der Waals surface area contributed by atoms with Crippen molar-refractivity contribution in [3.63, 3.8) is 0 Å². The summed E-state index contributed by atoms with van der Waals surface area (Å²) >= 11 is 0. The molecule has 0 aromatic carbocycles. The first kappa shape index (κ1) is 6.99. The molecule has 0 saturated heterocycles. The number of nitrogens with zero attached hydrogens (tertiary/aromatic N) is 1. The van der Waals surface area contributed by atoms with Crippen LogP contribution in [-0.2, 0) is 7.05 Å². The summed E-state index contributed by atoms with van der Waals surface area (Å²) in [5.41, 5.74) is 0. The van der Waals surface area contributed by atoms with Gasteiger partial charge in [-0.05, 0) is 0 Å². The van der Waals surface area contributed by atoms with Gasteiger partial charge in [-0.1, -0.05) is 0 Å². The van der Waals surface area contributed by atoms with E-state index in [-0.39, 0.29) is 0 Å². The normalized spacial score (nSPS) is 9.50. The van der Waals surface area contributed by atoms with Gasteiger partial charge in [-0.25, -0.2) is 0 Å². The lowest BCUT2D eigenvalue weighted by atomic mass is 10.6. The van der Waals surface area contributed by atoms with Crippen LogP contribution in [0.5, 0.6) is 11.6 Å². The van der Waals surface area contributed by atoms with E-state index in [0.717, 1.165) is 11.6 Å². The van der Waals surface area contributed by atoms with Gasteiger partial charge in [-0.2, -0.15) is 0 Å². The van der Waals surface area contributed by atoms with Gasteiger partial charge in [0.1, 0.15) is 0 Å². The fourth-order valence-electron chi connectivity index (χ4n) is 0.892. The SMILES string of the molecule is COc1ccn(C)c1OC. The fraction of sp³-hybridized carbons (Fsp3) is 0.429. The van der Waals surface area contributed by atoms with Crippen molar-refractivity contribution >= 4 is 0 Å². The van der Waals surface area contributed by atoms with Crippen molar-refractivity contribution in [2.45, 2.75) is 0 Å². The molecule has 0 N–H and O–H groups in total. The first-order valence-corrected chi connectivity index (χ1v) is 3.03. The van der Waals surface area contributed by atoms with Gasteiger partial charge in [0.2, 0.25) is 5.88 Å². The number of rotatable bonds is 2. The number of ether oxygens (including phenoxy) is 2. The molecule has 10 heavy (non-hydrogen) atoms. The summed E-state index contributed by atoms with van der Waals surface area (Å²) in [6, 6.07) is 1.86. The predicted molar refractivity (Wildman–Crippen MR) is 38.5 cm³/mol. The maximum Gasteiger partial charge on any atom is 0.236 e. The van der Waals surface area contributed by atoms with Gasteiger partial charge in [0.05, 0.1) is 14.2 Å². The summed E-state index contributed by atoms with van der Waals surface area (Å²) < 4.78 is 11.9. The van der Waals surface area contributed by atoms with Crippen molar-refractivity contribution in [2.75, 3.05) is 14.2 Å². The zero-order valence-electron chi connectivity index (χ0n) is 6.42. The number of aromatic nitrogens is 1. The minimum Gasteiger partial charge on any atom is -0.491 e. The Morgan fingerprint density at radius 1 is 1.30 bits per heavy atom. The van der Waals surface area contributed by atoms with Crippen LogP contribution in [0, 0.1) is 0 Å². The third-order valence-corrected chi connectivity index (χ3v) is 1.39. The molecule has 0 spiro atoms. The van der Waals surface area contributed by atoms with Gasteiger partial charge in [-0.15, -0.1) is 0 Å². The van der Waals surface area contributed by atoms with Crippen molar-refractivity contribution in [3.05, 3.63) is 12.3 Å². The Balaban J connectivity index is 3.01. The number of hydrogen-bond donors (Lipinski definition) is 0. The van der Waals surface area contributed by atoms with Crippen LogP contribution < -0.4 is 9.47 Å². The molecule has 0 bridgehead atoms. The molecule has 1 aromatic heterocycles. The third kappa shape index (κ3) is 0.943. The topological polar surface area (TPSA) is 23.4 Å². The average Bonchev–Trinajstić information content (AvgIpc) is 2.30. The van der Waals surface area contributed by atoms with Crippen molar-refractivity contribution in [3.8, 4) is 11.6 Å². The molecule has 0 amide bonds. The first-order valence-electron chi connectivity index (χ1n) is 3.03. The summed E-state index contributed by atoms with van der Waals surface area (Å²) in [4.78, 5) is 0. The molecule has 56 valence electrons. The quantitative estimate of drug-likeness (QED) is 0.614. The minimum absolute atomic E-state index is 0.752. The van der Waals surface area contributed by atoms with E-state index in [1.54, 1.807) is 14.2 Å². The molecular formula is C7H11NO2. The van der Waals surface area contributed by atoms with Crippen molar-refractivity contribution < 1.29 is 9.47 Å². The minimum atomic E-state index is 0.752. The molecular weight excluding hydrogens is 130 g/mol. The van der Waals surface area contributed by atoms with Crippen LogP contribution in [0.4, 0.5) is 0 Å². The van der Waals surface area contributed by atoms with Crippen LogP contribution in [0.1, 0.15) is 0 Å². The van der Waals surface area contributed by atoms with Crippen LogP contribution in [0.3, 0.4) is 0 Å². The van der Waals surface area contributed by atoms with Crippen molar-refractivity contribution in [2.24, 2.45) is 7.05 Å². The molecule has 1 rings (SSSR count). The standard InChI is InChI=1S/C7H11NO2/c1-8-5-4-6(9-2)7(8)10-3/h4-5H,1-3H3. The van der Waals surface area contributed by atoms with E-state index in [4.69, 9.17) is 9.47 Å². The van der Waals surface area contributed by atoms with Gasteiger partial charge in [0.15, 0.2) is 5.75 Å². The summed E-state index contributed by atoms with van der Waals surface area (Å²) in [5.74, 6) is 1.52. The Bertz CT molecular complexity index is 217. The molecule has 0 radical (unpaired) electrons. The Hall–Kier alpha value is -1.12. The third-order valence-electron chi connectivity index (χ3n) is 1.39. The van der Waals surface area contributed by atoms with Crippen LogP contribution in [0.15, 0.2) is 12.3 Å². The van der Waals surface area contributed by atoms with E-state index >= 15 is 0 Å². The fourth-order valence-corrected chi connectivity index (χ4v) is 0.892. The highest BCUT2D eigenvalue weighted by molar-refractivity contribution is 5.34. The van der Waals surface area contributed by atoms with Gasteiger partial charge in [-0.3, -0.25) is 0 Å². The Morgan fingerprint density at radius 2 is 2.00 bits per heavy atom. The van der Waals surface area contributed by atoms with E-state index in [1.165, 1.54) is 0 Å². The highest BCUT2D eigenvalue weighted by Crippen LogP contribution is 2.25. The molecule has 3 nitrogen and oxygen atoms in total. The van der Waals surface area contributed by atoms with Gasteiger partial charge in [0.25, 0.3) is 0 Å². The molecule has 3 heteroatoms. The Labute approximate surface area is 60.2 Å². The van der Waals surface area contributed by atoms with Crippen LogP contribution in [0.25, 0.3) is 0 Å². The monoisotopic (exact) mass is 141 g/mol. The average molecular weight is 141 g/mol. The largest absolute Gasteiger partial charge is 0.491 e. The second-order valence-corrected chi connectivity index (χ2v) is 2.00. The van der Waals surface area contributed by atoms with E-state index in [9.17, 15) is 0 Å². The first-order chi connectivity index (χ1) is 4.79. The lowest BCUT2D eigenvalue weighted by Gasteiger charge is -2.02. The maximum atomic E-state index is 5.04. The summed E-state index contributed by atoms with van der Waals surface area (Å²) in [6.07, 6.45) is 1.89. The zero-order chi connectivity index (χ0) is 7.56. The Morgan fingerprint density at radius 3 is 2.40 bits per heavy atom. The van der Waals surface area contributed by atoms with Gasteiger partial charge < -0.3 is 14.0 Å². The summed E-state index contributed by atoms with van der Waals surface area (Å²) in [6.45, 7) is 0. The van der Waals surface area contributed by atoms with E-state index in [2.05, 4.69) is 0 Å². The zero-order valence-corrected chi connectivity index (χ0v) is 6.42. The van der Waals surface area contributed by atoms with Gasteiger partial charge >= 0.3 is 0 Å². The van der Waals surface area contributed by atoms with Crippen molar-refractivity contribution in [1.29, 1.82) is 0 Å². The van der Waals surface area contributed by atoms with Crippen LogP contribution >= 0.6 is 0 Å². The lowest BCUT2D eigenvalue weighted by Crippen LogP contribution is -1.93. The lowest BCUT2D eigenvalue weighted by molar-refractivity contribution is 0.337. The summed E-state index contributed by atoms with van der Waals surface area (Å²) in [5, 5.41) is 0. The van der Waals surface area contributed by atoms with E-state index < -0.39 is 0 Å². The van der Waals surface area contributed by atoms with Gasteiger partial charge in [0, 0.05) is 19.3 Å². The summed E-state index contributed by atoms with van der Waals surface area (Å²) in [7, 11) is 5.15. The molecule has 0 aliphatic heterocycles. The molecule has 0 fully saturated rings. The molecule has 0 saturated carbocycles. The molecule has 0 atom stereocenters. The van der Waals surface area contributed by atoms with Crippen molar-refractivity contribution in [1.82, 2.24) is 4.57 Å². The van der Waals surface area contributed by atoms with Crippen LogP contribution in [-0.4, -0.2) is 18.8 Å². The molecule has 0 aliphatic rings. The molecule has 1 heterocycles. The number of aryl methyl sites for hydroxylation is 1. The predicted octanol–water partition coefficient (Wildman–Crippen LogP) is 1.04. The molecule has 1 aromatic rings. The maximum absolute atomic E-state index is 5.04. The highest BCUT2D eigenvalue weighted by Gasteiger charge is 2.04. The number of methoxy groups -OCH3 is 2. The van der Waals surface area contributed by atoms with Crippen LogP contribution in [0.2, 0.25) is 0 Å². The van der Waals surface area contributed by atoms with E-state index in [1.807, 2.05) is 23.9 Å². The highest BCUT2D eigenvalue weighted by atomic mass is 16.5. The Kier molecular flexibility index (Phi) is 1.85. The molecule has 0 unspecified atom stereocenters. The second-order valence-electron chi connectivity index (χ2n) is 2.00. The van der Waals surface area contributed by atoms with E-state index in [0.29, 0.717) is 0 Å². The number of hydrogen-bond acceptors (Lipinski definition) is 2. The smallest absolute Gasteiger partial charge is 0.236 e. The molecule has 0 aliphatic carbocycles. The second kappa shape index (κ2) is 2.64.